The van der Waals surface area contributed by atoms with Crippen LogP contribution in [0.2, 0.25) is 0 Å². The molecule has 2 heteroatoms. The van der Waals surface area contributed by atoms with Crippen LogP contribution in [0.15, 0.2) is 24.3 Å². The second kappa shape index (κ2) is 4.47. The van der Waals surface area contributed by atoms with E-state index in [4.69, 9.17) is 0 Å². The van der Waals surface area contributed by atoms with Gasteiger partial charge >= 0.3 is 0 Å². The molecule has 1 rings (SSSR count). The van der Waals surface area contributed by atoms with Crippen molar-refractivity contribution in [3.8, 4) is 5.75 Å². The highest BCUT2D eigenvalue weighted by atomic mass is 16.3. The first kappa shape index (κ1) is 11.1. The van der Waals surface area contributed by atoms with Crippen LogP contribution in [-0.2, 0) is 6.42 Å². The Morgan fingerprint density at radius 3 is 2.36 bits per heavy atom. The lowest BCUT2D eigenvalue weighted by Crippen LogP contribution is -2.29. The van der Waals surface area contributed by atoms with Crippen molar-refractivity contribution in [2.45, 2.75) is 38.7 Å². The lowest BCUT2D eigenvalue weighted by Gasteiger charge is -2.25. The molecular weight excluding hydrogens is 176 g/mol. The minimum atomic E-state index is -0.631. The second-order valence-corrected chi connectivity index (χ2v) is 3.78. The van der Waals surface area contributed by atoms with Gasteiger partial charge in [-0.3, -0.25) is 0 Å². The number of rotatable bonds is 4. The Labute approximate surface area is 85.2 Å². The highest BCUT2D eigenvalue weighted by molar-refractivity contribution is 5.28. The molecule has 0 heterocycles. The van der Waals surface area contributed by atoms with Crippen molar-refractivity contribution < 1.29 is 10.2 Å². The number of phenols is 1. The average Bonchev–Trinajstić information content (AvgIpc) is 2.18. The summed E-state index contributed by atoms with van der Waals surface area (Å²) in [4.78, 5) is 0. The lowest BCUT2D eigenvalue weighted by atomic mass is 9.89. The van der Waals surface area contributed by atoms with Gasteiger partial charge in [-0.05, 0) is 30.5 Å². The van der Waals surface area contributed by atoms with Crippen molar-refractivity contribution in [1.29, 1.82) is 0 Å². The van der Waals surface area contributed by atoms with Crippen LogP contribution in [0.1, 0.15) is 32.3 Å². The first-order valence-electron chi connectivity index (χ1n) is 5.10. The van der Waals surface area contributed by atoms with E-state index in [1.165, 1.54) is 0 Å². The van der Waals surface area contributed by atoms with E-state index >= 15 is 0 Å². The molecule has 14 heavy (non-hydrogen) atoms. The van der Waals surface area contributed by atoms with Crippen LogP contribution in [-0.4, -0.2) is 15.8 Å². The Morgan fingerprint density at radius 2 is 1.86 bits per heavy atom. The van der Waals surface area contributed by atoms with Gasteiger partial charge in [-0.2, -0.15) is 0 Å². The quantitative estimate of drug-likeness (QED) is 0.773. The van der Waals surface area contributed by atoms with Crippen molar-refractivity contribution >= 4 is 0 Å². The maximum absolute atomic E-state index is 10.1. The maximum Gasteiger partial charge on any atom is 0.115 e. The number of hydrogen-bond acceptors (Lipinski definition) is 2. The summed E-state index contributed by atoms with van der Waals surface area (Å²) in [6.07, 6.45) is 2.08. The molecule has 78 valence electrons. The molecule has 0 radical (unpaired) electrons. The molecule has 2 nitrogen and oxygen atoms in total. The molecule has 0 aromatic heterocycles. The number of hydrogen-bond donors (Lipinski definition) is 2. The number of phenolic OH excluding ortho intramolecular Hbond substituents is 1. The number of aromatic hydroxyl groups is 1. The zero-order chi connectivity index (χ0) is 10.6. The Morgan fingerprint density at radius 1 is 1.21 bits per heavy atom. The normalized spacial score (nSPS) is 11.6. The molecular formula is C12H18O2. The lowest BCUT2D eigenvalue weighted by molar-refractivity contribution is 0.0326. The summed E-state index contributed by atoms with van der Waals surface area (Å²) in [5.41, 5.74) is 0.351. The third-order valence-corrected chi connectivity index (χ3v) is 2.76. The van der Waals surface area contributed by atoms with Gasteiger partial charge in [-0.15, -0.1) is 0 Å². The van der Waals surface area contributed by atoms with E-state index < -0.39 is 5.60 Å². The highest BCUT2D eigenvalue weighted by Gasteiger charge is 2.22. The van der Waals surface area contributed by atoms with Crippen molar-refractivity contribution in [3.63, 3.8) is 0 Å². The number of aliphatic hydroxyl groups is 1. The molecule has 1 aromatic carbocycles. The van der Waals surface area contributed by atoms with Gasteiger partial charge in [0.05, 0.1) is 5.60 Å². The molecule has 0 spiro atoms. The topological polar surface area (TPSA) is 40.5 Å². The molecule has 0 saturated carbocycles. The van der Waals surface area contributed by atoms with E-state index in [0.717, 1.165) is 18.4 Å². The summed E-state index contributed by atoms with van der Waals surface area (Å²) < 4.78 is 0. The van der Waals surface area contributed by atoms with Crippen LogP contribution in [0.25, 0.3) is 0 Å². The standard InChI is InChI=1S/C12H18O2/c1-3-12(14,4-2)9-10-6-5-7-11(13)8-10/h5-8,13-14H,3-4,9H2,1-2H3. The smallest absolute Gasteiger partial charge is 0.115 e. The van der Waals surface area contributed by atoms with Gasteiger partial charge in [0.1, 0.15) is 5.75 Å². The van der Waals surface area contributed by atoms with Gasteiger partial charge in [0, 0.05) is 6.42 Å². The highest BCUT2D eigenvalue weighted by Crippen LogP contribution is 2.22. The first-order valence-corrected chi connectivity index (χ1v) is 5.10. The summed E-state index contributed by atoms with van der Waals surface area (Å²) in [6, 6.07) is 7.07. The molecule has 0 amide bonds. The third-order valence-electron chi connectivity index (χ3n) is 2.76. The predicted molar refractivity (Wildman–Crippen MR) is 57.3 cm³/mol. The molecule has 0 bridgehead atoms. The SMILES string of the molecule is CCC(O)(CC)Cc1cccc(O)c1. The average molecular weight is 194 g/mol. The summed E-state index contributed by atoms with van der Waals surface area (Å²) in [7, 11) is 0. The van der Waals surface area contributed by atoms with E-state index in [-0.39, 0.29) is 5.75 Å². The van der Waals surface area contributed by atoms with Crippen LogP contribution in [0.5, 0.6) is 5.75 Å². The molecule has 0 unspecified atom stereocenters. The van der Waals surface area contributed by atoms with E-state index in [1.807, 2.05) is 19.9 Å². The summed E-state index contributed by atoms with van der Waals surface area (Å²) >= 11 is 0. The van der Waals surface area contributed by atoms with Gasteiger partial charge < -0.3 is 10.2 Å². The fraction of sp³-hybridized carbons (Fsp3) is 0.500. The predicted octanol–water partition coefficient (Wildman–Crippen LogP) is 2.49. The fourth-order valence-corrected chi connectivity index (χ4v) is 1.55. The molecule has 0 aliphatic rings. The number of benzene rings is 1. The van der Waals surface area contributed by atoms with E-state index in [2.05, 4.69) is 0 Å². The zero-order valence-corrected chi connectivity index (χ0v) is 8.83. The summed E-state index contributed by atoms with van der Waals surface area (Å²) in [6.45, 7) is 3.96. The largest absolute Gasteiger partial charge is 0.508 e. The van der Waals surface area contributed by atoms with Crippen molar-refractivity contribution in [1.82, 2.24) is 0 Å². The summed E-state index contributed by atoms with van der Waals surface area (Å²) in [5, 5.41) is 19.4. The van der Waals surface area contributed by atoms with Gasteiger partial charge in [-0.1, -0.05) is 26.0 Å². The monoisotopic (exact) mass is 194 g/mol. The fourth-order valence-electron chi connectivity index (χ4n) is 1.55. The van der Waals surface area contributed by atoms with E-state index in [0.29, 0.717) is 6.42 Å². The summed E-state index contributed by atoms with van der Waals surface area (Å²) in [5.74, 6) is 0.261. The van der Waals surface area contributed by atoms with Gasteiger partial charge in [0.15, 0.2) is 0 Å². The van der Waals surface area contributed by atoms with Crippen molar-refractivity contribution in [2.24, 2.45) is 0 Å². The third kappa shape index (κ3) is 2.74. The molecule has 0 aliphatic heterocycles. The maximum atomic E-state index is 10.1. The minimum absolute atomic E-state index is 0.261. The van der Waals surface area contributed by atoms with Crippen LogP contribution >= 0.6 is 0 Å². The molecule has 1 aromatic rings. The van der Waals surface area contributed by atoms with Crippen molar-refractivity contribution in [3.05, 3.63) is 29.8 Å². The van der Waals surface area contributed by atoms with E-state index in [9.17, 15) is 10.2 Å². The van der Waals surface area contributed by atoms with Gasteiger partial charge in [0.2, 0.25) is 0 Å². The van der Waals surface area contributed by atoms with Crippen LogP contribution in [0, 0.1) is 0 Å². The molecule has 0 aliphatic carbocycles. The Kier molecular flexibility index (Phi) is 3.53. The van der Waals surface area contributed by atoms with Crippen molar-refractivity contribution in [2.75, 3.05) is 0 Å². The van der Waals surface area contributed by atoms with Crippen LogP contribution < -0.4 is 0 Å². The Bertz CT molecular complexity index is 290. The first-order chi connectivity index (χ1) is 6.59. The zero-order valence-electron chi connectivity index (χ0n) is 8.83. The molecule has 0 atom stereocenters. The second-order valence-electron chi connectivity index (χ2n) is 3.78. The van der Waals surface area contributed by atoms with Crippen LogP contribution in [0.4, 0.5) is 0 Å². The minimum Gasteiger partial charge on any atom is -0.508 e. The van der Waals surface area contributed by atoms with Gasteiger partial charge in [-0.25, -0.2) is 0 Å². The molecule has 2 N–H and O–H groups in total. The Hall–Kier alpha value is -1.02. The molecule has 0 saturated heterocycles. The molecule has 0 fully saturated rings. The Balaban J connectivity index is 2.77. The van der Waals surface area contributed by atoms with Gasteiger partial charge in [0.25, 0.3) is 0 Å². The van der Waals surface area contributed by atoms with Crippen LogP contribution in [0.3, 0.4) is 0 Å². The van der Waals surface area contributed by atoms with E-state index in [1.54, 1.807) is 18.2 Å².